The van der Waals surface area contributed by atoms with Crippen LogP contribution < -0.4 is 0 Å². The van der Waals surface area contributed by atoms with Gasteiger partial charge in [0.2, 0.25) is 0 Å². The summed E-state index contributed by atoms with van der Waals surface area (Å²) in [4.78, 5) is 12.0. The van der Waals surface area contributed by atoms with E-state index >= 15 is 0 Å². The van der Waals surface area contributed by atoms with Crippen molar-refractivity contribution in [3.05, 3.63) is 41.5 Å². The van der Waals surface area contributed by atoms with Crippen molar-refractivity contribution in [1.82, 2.24) is 0 Å². The zero-order chi connectivity index (χ0) is 18.0. The highest BCUT2D eigenvalue weighted by molar-refractivity contribution is 6.74. The van der Waals surface area contributed by atoms with E-state index in [1.165, 1.54) is 11.1 Å². The van der Waals surface area contributed by atoms with Gasteiger partial charge in [0.15, 0.2) is 8.32 Å². The number of carbonyl (C=O) groups excluding carboxylic acids is 1. The van der Waals surface area contributed by atoms with Crippen molar-refractivity contribution in [3.8, 4) is 0 Å². The Labute approximate surface area is 147 Å². The van der Waals surface area contributed by atoms with Crippen LogP contribution in [0.1, 0.15) is 51.3 Å². The van der Waals surface area contributed by atoms with E-state index in [4.69, 9.17) is 9.16 Å². The Morgan fingerprint density at radius 2 is 1.88 bits per heavy atom. The minimum Gasteiger partial charge on any atom is -0.466 e. The number of carbonyl (C=O) groups is 1. The third kappa shape index (κ3) is 4.17. The van der Waals surface area contributed by atoms with Crippen LogP contribution in [0.3, 0.4) is 0 Å². The lowest BCUT2D eigenvalue weighted by atomic mass is 9.85. The summed E-state index contributed by atoms with van der Waals surface area (Å²) in [7, 11) is -1.96. The summed E-state index contributed by atoms with van der Waals surface area (Å²) in [5.41, 5.74) is 2.36. The number of hydrogen-bond acceptors (Lipinski definition) is 3. The molecule has 4 heteroatoms. The summed E-state index contributed by atoms with van der Waals surface area (Å²) in [6.07, 6.45) is 4.48. The van der Waals surface area contributed by atoms with Crippen molar-refractivity contribution in [3.63, 3.8) is 0 Å². The smallest absolute Gasteiger partial charge is 0.306 e. The van der Waals surface area contributed by atoms with Crippen LogP contribution in [-0.4, -0.2) is 20.9 Å². The van der Waals surface area contributed by atoms with Crippen molar-refractivity contribution < 1.29 is 14.0 Å². The van der Waals surface area contributed by atoms with Crippen LogP contribution in [0.15, 0.2) is 30.3 Å². The Bertz CT molecular complexity index is 614. The monoisotopic (exact) mass is 346 g/mol. The van der Waals surface area contributed by atoms with Gasteiger partial charge in [0.25, 0.3) is 0 Å². The molecule has 2 atom stereocenters. The molecule has 1 aliphatic carbocycles. The van der Waals surface area contributed by atoms with E-state index in [0.29, 0.717) is 13.0 Å². The van der Waals surface area contributed by atoms with Crippen LogP contribution in [0.4, 0.5) is 0 Å². The Balaban J connectivity index is 2.32. The average Bonchev–Trinajstić information content (AvgIpc) is 2.48. The Kier molecular flexibility index (Phi) is 5.71. The Hall–Kier alpha value is -1.39. The predicted molar refractivity (Wildman–Crippen MR) is 101 cm³/mol. The molecule has 1 aliphatic rings. The third-order valence-corrected chi connectivity index (χ3v) is 9.61. The van der Waals surface area contributed by atoms with E-state index in [9.17, 15) is 4.79 Å². The number of fused-ring (bicyclic) bond motifs is 1. The topological polar surface area (TPSA) is 35.5 Å². The van der Waals surface area contributed by atoms with Gasteiger partial charge in [-0.3, -0.25) is 4.79 Å². The maximum Gasteiger partial charge on any atom is 0.306 e. The van der Waals surface area contributed by atoms with Gasteiger partial charge in [-0.25, -0.2) is 0 Å². The lowest BCUT2D eigenvalue weighted by Gasteiger charge is -2.42. The van der Waals surface area contributed by atoms with Gasteiger partial charge in [-0.05, 0) is 36.2 Å². The molecule has 0 aliphatic heterocycles. The fourth-order valence-corrected chi connectivity index (χ4v) is 4.00. The van der Waals surface area contributed by atoms with Crippen molar-refractivity contribution in [2.24, 2.45) is 5.92 Å². The number of ether oxygens (including phenoxy) is 1. The SMILES string of the molecule is CCOC(=O)C[C@@H]1C=Cc2ccccc2[C@H]1O[Si](C)(C)C(C)(C)C. The molecule has 24 heavy (non-hydrogen) atoms. The predicted octanol–water partition coefficient (Wildman–Crippen LogP) is 5.35. The molecule has 0 amide bonds. The summed E-state index contributed by atoms with van der Waals surface area (Å²) < 4.78 is 11.9. The molecule has 0 saturated heterocycles. The van der Waals surface area contributed by atoms with Gasteiger partial charge in [0, 0.05) is 5.92 Å². The van der Waals surface area contributed by atoms with Gasteiger partial charge in [-0.1, -0.05) is 57.2 Å². The summed E-state index contributed by atoms with van der Waals surface area (Å²) in [6, 6.07) is 8.31. The van der Waals surface area contributed by atoms with E-state index in [2.05, 4.69) is 58.2 Å². The first kappa shape index (κ1) is 18.9. The van der Waals surface area contributed by atoms with Crippen LogP contribution >= 0.6 is 0 Å². The molecule has 1 aromatic rings. The van der Waals surface area contributed by atoms with Gasteiger partial charge in [0.1, 0.15) is 0 Å². The van der Waals surface area contributed by atoms with Crippen molar-refractivity contribution in [1.29, 1.82) is 0 Å². The van der Waals surface area contributed by atoms with Crippen molar-refractivity contribution in [2.75, 3.05) is 6.61 Å². The highest BCUT2D eigenvalue weighted by Crippen LogP contribution is 2.44. The Morgan fingerprint density at radius 3 is 2.50 bits per heavy atom. The lowest BCUT2D eigenvalue weighted by molar-refractivity contribution is -0.144. The quantitative estimate of drug-likeness (QED) is 0.533. The van der Waals surface area contributed by atoms with E-state index in [0.717, 1.165) is 0 Å². The number of benzene rings is 1. The van der Waals surface area contributed by atoms with Gasteiger partial charge >= 0.3 is 5.97 Å². The Morgan fingerprint density at radius 1 is 1.21 bits per heavy atom. The van der Waals surface area contributed by atoms with Crippen LogP contribution in [0.25, 0.3) is 6.08 Å². The molecule has 0 radical (unpaired) electrons. The molecule has 132 valence electrons. The summed E-state index contributed by atoms with van der Waals surface area (Å²) in [5, 5.41) is 0.123. The van der Waals surface area contributed by atoms with E-state index in [1.807, 2.05) is 19.1 Å². The zero-order valence-electron chi connectivity index (χ0n) is 15.8. The minimum atomic E-state index is -1.96. The maximum atomic E-state index is 12.0. The first-order valence-corrected chi connectivity index (χ1v) is 11.7. The molecule has 0 N–H and O–H groups in total. The molecule has 2 rings (SSSR count). The zero-order valence-corrected chi connectivity index (χ0v) is 16.8. The summed E-state index contributed by atoms with van der Waals surface area (Å²) >= 11 is 0. The van der Waals surface area contributed by atoms with Crippen molar-refractivity contribution in [2.45, 2.75) is 58.4 Å². The molecular weight excluding hydrogens is 316 g/mol. The molecular formula is C20H30O3Si. The van der Waals surface area contributed by atoms with Crippen LogP contribution in [0, 0.1) is 5.92 Å². The van der Waals surface area contributed by atoms with E-state index in [-0.39, 0.29) is 23.0 Å². The van der Waals surface area contributed by atoms with Gasteiger partial charge in [-0.2, -0.15) is 0 Å². The number of esters is 1. The molecule has 3 nitrogen and oxygen atoms in total. The second-order valence-corrected chi connectivity index (χ2v) is 12.7. The second-order valence-electron chi connectivity index (χ2n) is 7.96. The fourth-order valence-electron chi connectivity index (χ4n) is 2.71. The van der Waals surface area contributed by atoms with Gasteiger partial charge < -0.3 is 9.16 Å². The molecule has 0 fully saturated rings. The van der Waals surface area contributed by atoms with Crippen LogP contribution in [-0.2, 0) is 14.0 Å². The largest absolute Gasteiger partial charge is 0.466 e. The molecule has 0 saturated carbocycles. The first-order valence-electron chi connectivity index (χ1n) is 8.76. The van der Waals surface area contributed by atoms with Crippen molar-refractivity contribution >= 4 is 20.4 Å². The van der Waals surface area contributed by atoms with Gasteiger partial charge in [0.05, 0.1) is 19.1 Å². The number of rotatable bonds is 5. The summed E-state index contributed by atoms with van der Waals surface area (Å²) in [5.74, 6) is -0.136. The van der Waals surface area contributed by atoms with E-state index < -0.39 is 8.32 Å². The van der Waals surface area contributed by atoms with Crippen LogP contribution in [0.2, 0.25) is 18.1 Å². The fraction of sp³-hybridized carbons (Fsp3) is 0.550. The summed E-state index contributed by atoms with van der Waals surface area (Å²) in [6.45, 7) is 13.5. The highest BCUT2D eigenvalue weighted by atomic mass is 28.4. The normalized spacial score (nSPS) is 20.6. The first-order chi connectivity index (χ1) is 11.2. The molecule has 0 unspecified atom stereocenters. The molecule has 0 spiro atoms. The second kappa shape index (κ2) is 7.24. The molecule has 0 bridgehead atoms. The maximum absolute atomic E-state index is 12.0. The molecule has 0 aromatic heterocycles. The average molecular weight is 347 g/mol. The standard InChI is InChI=1S/C20H30O3Si/c1-7-22-18(21)14-16-13-12-15-10-8-9-11-17(15)19(16)23-24(5,6)20(2,3)4/h8-13,16,19H,7,14H2,1-6H3/t16-,19-/m0/s1. The lowest BCUT2D eigenvalue weighted by Crippen LogP contribution is -2.43. The third-order valence-electron chi connectivity index (χ3n) is 5.15. The number of hydrogen-bond donors (Lipinski definition) is 0. The van der Waals surface area contributed by atoms with Crippen LogP contribution in [0.5, 0.6) is 0 Å². The molecule has 1 aromatic carbocycles. The highest BCUT2D eigenvalue weighted by Gasteiger charge is 2.42. The van der Waals surface area contributed by atoms with Gasteiger partial charge in [-0.15, -0.1) is 0 Å². The van der Waals surface area contributed by atoms with E-state index in [1.54, 1.807) is 0 Å². The minimum absolute atomic E-state index is 0.0214. The molecule has 0 heterocycles.